The van der Waals surface area contributed by atoms with Gasteiger partial charge in [-0.05, 0) is 42.6 Å². The lowest BCUT2D eigenvalue weighted by Gasteiger charge is -2.29. The van der Waals surface area contributed by atoms with Crippen LogP contribution in [0, 0.1) is 0 Å². The summed E-state index contributed by atoms with van der Waals surface area (Å²) in [6.45, 7) is 17.8. The molecule has 5 nitrogen and oxygen atoms in total. The van der Waals surface area contributed by atoms with Crippen molar-refractivity contribution >= 4 is 0 Å². The molecule has 0 saturated heterocycles. The molecule has 0 radical (unpaired) electrons. The van der Waals surface area contributed by atoms with Crippen molar-refractivity contribution in [3.8, 4) is 23.0 Å². The molecule has 5 heteroatoms. The van der Waals surface area contributed by atoms with E-state index in [2.05, 4.69) is 84.7 Å². The zero-order chi connectivity index (χ0) is 25.8. The van der Waals surface area contributed by atoms with Gasteiger partial charge in [-0.1, -0.05) is 66.7 Å². The molecule has 1 heterocycles. The van der Waals surface area contributed by atoms with Gasteiger partial charge in [0.15, 0.2) is 0 Å². The number of aromatic nitrogens is 1. The largest absolute Gasteiger partial charge is 0.496 e. The van der Waals surface area contributed by atoms with Crippen molar-refractivity contribution in [3.05, 3.63) is 65.0 Å². The maximum absolute atomic E-state index is 6.13. The lowest BCUT2D eigenvalue weighted by Crippen LogP contribution is -2.19. The Morgan fingerprint density at radius 1 is 0.971 bits per heavy atom. The fourth-order valence-electron chi connectivity index (χ4n) is 4.08. The molecule has 0 aliphatic carbocycles. The van der Waals surface area contributed by atoms with Crippen molar-refractivity contribution in [2.45, 2.75) is 72.3 Å². The molecule has 0 unspecified atom stereocenters. The van der Waals surface area contributed by atoms with E-state index in [-0.39, 0.29) is 10.8 Å². The normalized spacial score (nSPS) is 12.3. The Labute approximate surface area is 211 Å². The standard InChI is InChI=1S/C30H42N2O3/c1-10-32(8)19-21-13-11-12-14-26(21)34-16-15-23-20-35-28(31-23)22-17-24(29(2,3)4)27(33-9)25(18-22)30(5,6)7/h11-14,17-18,20H,10,15-16,19H2,1-9H3. The second kappa shape index (κ2) is 10.9. The van der Waals surface area contributed by atoms with Crippen LogP contribution in [0.3, 0.4) is 0 Å². The number of methoxy groups -OCH3 is 1. The van der Waals surface area contributed by atoms with Crippen molar-refractivity contribution in [3.63, 3.8) is 0 Å². The van der Waals surface area contributed by atoms with Crippen LogP contribution in [0.5, 0.6) is 11.5 Å². The Hall–Kier alpha value is -2.79. The number of para-hydroxylation sites is 1. The Bertz CT molecular complexity index is 1080. The Kier molecular flexibility index (Phi) is 8.32. The predicted octanol–water partition coefficient (Wildman–Crippen LogP) is 7.02. The topological polar surface area (TPSA) is 47.7 Å². The highest BCUT2D eigenvalue weighted by molar-refractivity contribution is 5.63. The van der Waals surface area contributed by atoms with E-state index < -0.39 is 0 Å². The first-order valence-electron chi connectivity index (χ1n) is 12.5. The number of hydrogen-bond acceptors (Lipinski definition) is 5. The van der Waals surface area contributed by atoms with Gasteiger partial charge < -0.3 is 18.8 Å². The molecule has 0 fully saturated rings. The van der Waals surface area contributed by atoms with Gasteiger partial charge in [0.1, 0.15) is 17.8 Å². The summed E-state index contributed by atoms with van der Waals surface area (Å²) in [7, 11) is 3.87. The molecular formula is C30H42N2O3. The minimum absolute atomic E-state index is 0.0795. The van der Waals surface area contributed by atoms with Crippen molar-refractivity contribution in [1.82, 2.24) is 9.88 Å². The molecule has 0 amide bonds. The van der Waals surface area contributed by atoms with Gasteiger partial charge in [-0.2, -0.15) is 0 Å². The highest BCUT2D eigenvalue weighted by atomic mass is 16.5. The molecule has 2 aromatic carbocycles. The van der Waals surface area contributed by atoms with Crippen LogP contribution in [0.25, 0.3) is 11.5 Å². The smallest absolute Gasteiger partial charge is 0.226 e. The van der Waals surface area contributed by atoms with Gasteiger partial charge in [0.05, 0.1) is 19.4 Å². The lowest BCUT2D eigenvalue weighted by molar-refractivity contribution is 0.300. The Morgan fingerprint density at radius 3 is 2.17 bits per heavy atom. The molecule has 0 aliphatic heterocycles. The fourth-order valence-corrected chi connectivity index (χ4v) is 4.08. The third kappa shape index (κ3) is 6.66. The minimum atomic E-state index is -0.0795. The van der Waals surface area contributed by atoms with Crippen LogP contribution >= 0.6 is 0 Å². The van der Waals surface area contributed by atoms with Gasteiger partial charge in [-0.3, -0.25) is 0 Å². The van der Waals surface area contributed by atoms with E-state index in [1.165, 1.54) is 5.56 Å². The van der Waals surface area contributed by atoms with E-state index in [0.29, 0.717) is 18.9 Å². The van der Waals surface area contributed by atoms with Crippen LogP contribution in [-0.4, -0.2) is 37.2 Å². The molecule has 1 aromatic heterocycles. The van der Waals surface area contributed by atoms with Gasteiger partial charge in [-0.25, -0.2) is 4.98 Å². The van der Waals surface area contributed by atoms with Crippen molar-refractivity contribution in [2.75, 3.05) is 27.3 Å². The Balaban J connectivity index is 1.81. The van der Waals surface area contributed by atoms with Crippen LogP contribution < -0.4 is 9.47 Å². The molecule has 190 valence electrons. The number of rotatable bonds is 9. The first-order valence-corrected chi connectivity index (χ1v) is 12.5. The van der Waals surface area contributed by atoms with Crippen LogP contribution in [-0.2, 0) is 23.8 Å². The number of ether oxygens (including phenoxy) is 2. The summed E-state index contributed by atoms with van der Waals surface area (Å²) in [6, 6.07) is 12.5. The van der Waals surface area contributed by atoms with E-state index in [0.717, 1.165) is 47.0 Å². The number of benzene rings is 2. The second-order valence-electron chi connectivity index (χ2n) is 11.3. The van der Waals surface area contributed by atoms with Crippen LogP contribution in [0.4, 0.5) is 0 Å². The second-order valence-corrected chi connectivity index (χ2v) is 11.3. The van der Waals surface area contributed by atoms with E-state index in [1.807, 2.05) is 12.1 Å². The van der Waals surface area contributed by atoms with Crippen LogP contribution in [0.15, 0.2) is 47.1 Å². The summed E-state index contributed by atoms with van der Waals surface area (Å²) in [4.78, 5) is 7.06. The predicted molar refractivity (Wildman–Crippen MR) is 144 cm³/mol. The number of oxazole rings is 1. The number of nitrogens with zero attached hydrogens (tertiary/aromatic N) is 2. The van der Waals surface area contributed by atoms with Gasteiger partial charge in [0, 0.05) is 35.2 Å². The number of hydrogen-bond donors (Lipinski definition) is 0. The zero-order valence-electron chi connectivity index (χ0n) is 23.0. The van der Waals surface area contributed by atoms with Gasteiger partial charge >= 0.3 is 0 Å². The van der Waals surface area contributed by atoms with E-state index >= 15 is 0 Å². The SMILES string of the molecule is CCN(C)Cc1ccccc1OCCc1coc(-c2cc(C(C)(C)C)c(OC)c(C(C)(C)C)c2)n1. The lowest BCUT2D eigenvalue weighted by atomic mass is 9.78. The molecule has 0 N–H and O–H groups in total. The summed E-state index contributed by atoms with van der Waals surface area (Å²) in [5.41, 5.74) is 5.20. The van der Waals surface area contributed by atoms with Crippen molar-refractivity contribution in [2.24, 2.45) is 0 Å². The fraction of sp³-hybridized carbons (Fsp3) is 0.500. The van der Waals surface area contributed by atoms with E-state index in [4.69, 9.17) is 18.9 Å². The Morgan fingerprint density at radius 2 is 1.60 bits per heavy atom. The summed E-state index contributed by atoms with van der Waals surface area (Å²) in [6.07, 6.45) is 2.42. The molecule has 3 rings (SSSR count). The molecular weight excluding hydrogens is 436 g/mol. The summed E-state index contributed by atoms with van der Waals surface area (Å²) < 4.78 is 18.0. The van der Waals surface area contributed by atoms with Gasteiger partial charge in [-0.15, -0.1) is 0 Å². The highest BCUT2D eigenvalue weighted by Crippen LogP contribution is 2.42. The molecule has 3 aromatic rings. The maximum atomic E-state index is 6.13. The van der Waals surface area contributed by atoms with Crippen molar-refractivity contribution < 1.29 is 13.9 Å². The zero-order valence-corrected chi connectivity index (χ0v) is 23.0. The van der Waals surface area contributed by atoms with E-state index in [9.17, 15) is 0 Å². The summed E-state index contributed by atoms with van der Waals surface area (Å²) in [5.74, 6) is 2.50. The summed E-state index contributed by atoms with van der Waals surface area (Å²) >= 11 is 0. The molecule has 0 spiro atoms. The van der Waals surface area contributed by atoms with Crippen LogP contribution in [0.2, 0.25) is 0 Å². The quantitative estimate of drug-likeness (QED) is 0.331. The first-order chi connectivity index (χ1) is 16.4. The van der Waals surface area contributed by atoms with Gasteiger partial charge in [0.25, 0.3) is 0 Å². The third-order valence-electron chi connectivity index (χ3n) is 6.28. The maximum Gasteiger partial charge on any atom is 0.226 e. The average molecular weight is 479 g/mol. The van der Waals surface area contributed by atoms with Crippen LogP contribution in [0.1, 0.15) is 70.9 Å². The van der Waals surface area contributed by atoms with Gasteiger partial charge in [0.2, 0.25) is 5.89 Å². The summed E-state index contributed by atoms with van der Waals surface area (Å²) in [5, 5.41) is 0. The molecule has 0 atom stereocenters. The third-order valence-corrected chi connectivity index (χ3v) is 6.28. The first kappa shape index (κ1) is 26.8. The minimum Gasteiger partial charge on any atom is -0.496 e. The average Bonchev–Trinajstić information content (AvgIpc) is 3.27. The monoisotopic (exact) mass is 478 g/mol. The highest BCUT2D eigenvalue weighted by Gasteiger charge is 2.28. The van der Waals surface area contributed by atoms with Crippen molar-refractivity contribution in [1.29, 1.82) is 0 Å². The van der Waals surface area contributed by atoms with E-state index in [1.54, 1.807) is 13.4 Å². The molecule has 0 aliphatic rings. The molecule has 35 heavy (non-hydrogen) atoms. The molecule has 0 bridgehead atoms. The molecule has 0 saturated carbocycles.